The van der Waals surface area contributed by atoms with E-state index >= 15 is 0 Å². The van der Waals surface area contributed by atoms with Gasteiger partial charge in [0.2, 0.25) is 5.91 Å². The average molecular weight is 219 g/mol. The number of aliphatic hydroxyl groups excluding tert-OH is 1. The topological polar surface area (TPSA) is 49.3 Å². The molecule has 0 fully saturated rings. The minimum absolute atomic E-state index is 0.0383. The van der Waals surface area contributed by atoms with Crippen LogP contribution in [0.15, 0.2) is 0 Å². The van der Waals surface area contributed by atoms with Crippen molar-refractivity contribution in [3.63, 3.8) is 0 Å². The van der Waals surface area contributed by atoms with Gasteiger partial charge in [-0.15, -0.1) is 0 Å². The summed E-state index contributed by atoms with van der Waals surface area (Å²) in [6.45, 7) is 6.02. The van der Waals surface area contributed by atoms with E-state index in [4.69, 9.17) is 5.11 Å². The highest BCUT2D eigenvalue weighted by Crippen LogP contribution is 2.09. The van der Waals surface area contributed by atoms with E-state index in [9.17, 15) is 4.79 Å². The van der Waals surface area contributed by atoms with Crippen molar-refractivity contribution >= 4 is 18.5 Å². The Morgan fingerprint density at radius 2 is 2.07 bits per heavy atom. The molecule has 0 aliphatic rings. The van der Waals surface area contributed by atoms with Crippen molar-refractivity contribution < 1.29 is 9.90 Å². The van der Waals surface area contributed by atoms with E-state index in [0.29, 0.717) is 6.42 Å². The third-order valence-electron chi connectivity index (χ3n) is 2.22. The number of thiol groups is 1. The third-order valence-corrected chi connectivity index (χ3v) is 3.05. The first kappa shape index (κ1) is 13.8. The molecule has 0 aromatic heterocycles. The monoisotopic (exact) mass is 219 g/mol. The van der Waals surface area contributed by atoms with Gasteiger partial charge in [-0.25, -0.2) is 0 Å². The molecule has 0 aromatic carbocycles. The Morgan fingerprint density at radius 1 is 1.50 bits per heavy atom. The lowest BCUT2D eigenvalue weighted by molar-refractivity contribution is -0.122. The normalized spacial score (nSPS) is 15.3. The van der Waals surface area contributed by atoms with Crippen LogP contribution in [0, 0.1) is 5.92 Å². The molecule has 3 nitrogen and oxygen atoms in total. The molecular weight excluding hydrogens is 198 g/mol. The van der Waals surface area contributed by atoms with Crippen LogP contribution in [-0.4, -0.2) is 28.9 Å². The summed E-state index contributed by atoms with van der Waals surface area (Å²) in [5.74, 6) is 0.189. The molecule has 2 N–H and O–H groups in total. The van der Waals surface area contributed by atoms with Crippen molar-refractivity contribution in [1.29, 1.82) is 0 Å². The minimum Gasteiger partial charge on any atom is -0.396 e. The maximum Gasteiger partial charge on any atom is 0.233 e. The first-order valence-corrected chi connectivity index (χ1v) is 5.63. The standard InChI is InChI=1S/C10H21NO2S/c1-4-8(5-6-12)11-10(13)9(14)7(2)3/h7-9,12,14H,4-6H2,1-3H3,(H,11,13). The van der Waals surface area contributed by atoms with E-state index in [2.05, 4.69) is 17.9 Å². The number of hydrogen-bond donors (Lipinski definition) is 3. The van der Waals surface area contributed by atoms with Gasteiger partial charge in [0.15, 0.2) is 0 Å². The summed E-state index contributed by atoms with van der Waals surface area (Å²) in [7, 11) is 0. The summed E-state index contributed by atoms with van der Waals surface area (Å²) in [6, 6.07) is 0.0703. The highest BCUT2D eigenvalue weighted by atomic mass is 32.1. The Hall–Kier alpha value is -0.220. The maximum absolute atomic E-state index is 11.6. The highest BCUT2D eigenvalue weighted by molar-refractivity contribution is 7.81. The molecule has 0 radical (unpaired) electrons. The van der Waals surface area contributed by atoms with Crippen molar-refractivity contribution in [3.05, 3.63) is 0 Å². The van der Waals surface area contributed by atoms with Gasteiger partial charge in [0.1, 0.15) is 0 Å². The summed E-state index contributed by atoms with van der Waals surface area (Å²) in [5, 5.41) is 11.4. The molecule has 1 amide bonds. The molecule has 0 saturated heterocycles. The summed E-state index contributed by atoms with van der Waals surface area (Å²) in [4.78, 5) is 11.6. The van der Waals surface area contributed by atoms with Gasteiger partial charge in [-0.2, -0.15) is 12.6 Å². The van der Waals surface area contributed by atoms with Crippen molar-refractivity contribution in [3.8, 4) is 0 Å². The van der Waals surface area contributed by atoms with E-state index in [-0.39, 0.29) is 29.7 Å². The van der Waals surface area contributed by atoms with Crippen LogP contribution in [0.2, 0.25) is 0 Å². The van der Waals surface area contributed by atoms with Gasteiger partial charge in [0, 0.05) is 12.6 Å². The lowest BCUT2D eigenvalue weighted by Gasteiger charge is -2.20. The van der Waals surface area contributed by atoms with Gasteiger partial charge >= 0.3 is 0 Å². The van der Waals surface area contributed by atoms with E-state index in [0.717, 1.165) is 6.42 Å². The molecule has 4 heteroatoms. The summed E-state index contributed by atoms with van der Waals surface area (Å²) >= 11 is 4.23. The molecule has 0 saturated carbocycles. The van der Waals surface area contributed by atoms with Gasteiger partial charge in [0.05, 0.1) is 5.25 Å². The molecule has 0 rings (SSSR count). The van der Waals surface area contributed by atoms with Gasteiger partial charge in [-0.05, 0) is 18.8 Å². The summed E-state index contributed by atoms with van der Waals surface area (Å²) in [5.41, 5.74) is 0. The predicted molar refractivity (Wildman–Crippen MR) is 61.5 cm³/mol. The van der Waals surface area contributed by atoms with Gasteiger partial charge < -0.3 is 10.4 Å². The smallest absolute Gasteiger partial charge is 0.233 e. The Kier molecular flexibility index (Phi) is 7.01. The molecule has 14 heavy (non-hydrogen) atoms. The van der Waals surface area contributed by atoms with E-state index in [1.807, 2.05) is 20.8 Å². The number of amides is 1. The zero-order valence-electron chi connectivity index (χ0n) is 9.16. The number of hydrogen-bond acceptors (Lipinski definition) is 3. The Balaban J connectivity index is 4.01. The highest BCUT2D eigenvalue weighted by Gasteiger charge is 2.19. The van der Waals surface area contributed by atoms with Crippen LogP contribution in [0.25, 0.3) is 0 Å². The fourth-order valence-electron chi connectivity index (χ4n) is 1.12. The van der Waals surface area contributed by atoms with Crippen LogP contribution in [-0.2, 0) is 4.79 Å². The van der Waals surface area contributed by atoms with Gasteiger partial charge in [-0.1, -0.05) is 20.8 Å². The Bertz CT molecular complexity index is 174. The predicted octanol–water partition coefficient (Wildman–Crippen LogP) is 1.22. The first-order chi connectivity index (χ1) is 6.52. The third kappa shape index (κ3) is 4.86. The molecule has 2 atom stereocenters. The summed E-state index contributed by atoms with van der Waals surface area (Å²) < 4.78 is 0. The number of aliphatic hydroxyl groups is 1. The minimum atomic E-state index is -0.261. The molecule has 0 bridgehead atoms. The molecular formula is C10H21NO2S. The lowest BCUT2D eigenvalue weighted by Crippen LogP contribution is -2.41. The quantitative estimate of drug-likeness (QED) is 0.588. The maximum atomic E-state index is 11.6. The summed E-state index contributed by atoms with van der Waals surface area (Å²) in [6.07, 6.45) is 1.45. The molecule has 0 aliphatic carbocycles. The lowest BCUT2D eigenvalue weighted by atomic mass is 10.1. The van der Waals surface area contributed by atoms with E-state index in [1.54, 1.807) is 0 Å². The van der Waals surface area contributed by atoms with Crippen LogP contribution in [0.1, 0.15) is 33.6 Å². The van der Waals surface area contributed by atoms with Crippen molar-refractivity contribution in [1.82, 2.24) is 5.32 Å². The van der Waals surface area contributed by atoms with Crippen LogP contribution in [0.3, 0.4) is 0 Å². The van der Waals surface area contributed by atoms with E-state index < -0.39 is 0 Å². The second-order valence-corrected chi connectivity index (χ2v) is 4.37. The molecule has 0 spiro atoms. The molecule has 84 valence electrons. The number of rotatable bonds is 6. The fraction of sp³-hybridized carbons (Fsp3) is 0.900. The van der Waals surface area contributed by atoms with Crippen LogP contribution < -0.4 is 5.32 Å². The molecule has 0 heterocycles. The first-order valence-electron chi connectivity index (χ1n) is 5.12. The van der Waals surface area contributed by atoms with Crippen molar-refractivity contribution in [2.45, 2.75) is 44.9 Å². The second-order valence-electron chi connectivity index (χ2n) is 3.81. The molecule has 0 aliphatic heterocycles. The van der Waals surface area contributed by atoms with E-state index in [1.165, 1.54) is 0 Å². The SMILES string of the molecule is CCC(CCO)NC(=O)C(S)C(C)C. The average Bonchev–Trinajstić information content (AvgIpc) is 2.15. The second kappa shape index (κ2) is 7.12. The van der Waals surface area contributed by atoms with Crippen LogP contribution in [0.5, 0.6) is 0 Å². The fourth-order valence-corrected chi connectivity index (χ4v) is 1.20. The molecule has 2 unspecified atom stereocenters. The van der Waals surface area contributed by atoms with Crippen molar-refractivity contribution in [2.75, 3.05) is 6.61 Å². The number of carbonyl (C=O) groups excluding carboxylic acids is 1. The Labute approximate surface area is 91.7 Å². The largest absolute Gasteiger partial charge is 0.396 e. The number of carbonyl (C=O) groups is 1. The number of nitrogens with one attached hydrogen (secondary N) is 1. The van der Waals surface area contributed by atoms with Crippen LogP contribution in [0.4, 0.5) is 0 Å². The zero-order valence-corrected chi connectivity index (χ0v) is 10.1. The van der Waals surface area contributed by atoms with Gasteiger partial charge in [0.25, 0.3) is 0 Å². The van der Waals surface area contributed by atoms with Crippen LogP contribution >= 0.6 is 12.6 Å². The molecule has 0 aromatic rings. The zero-order chi connectivity index (χ0) is 11.1. The van der Waals surface area contributed by atoms with Gasteiger partial charge in [-0.3, -0.25) is 4.79 Å². The Morgan fingerprint density at radius 3 is 2.43 bits per heavy atom. The van der Waals surface area contributed by atoms with Crippen molar-refractivity contribution in [2.24, 2.45) is 5.92 Å².